The van der Waals surface area contributed by atoms with Crippen molar-refractivity contribution in [3.05, 3.63) is 23.3 Å². The summed E-state index contributed by atoms with van der Waals surface area (Å²) in [5, 5.41) is 22.7. The highest BCUT2D eigenvalue weighted by Gasteiger charge is 2.69. The van der Waals surface area contributed by atoms with Gasteiger partial charge in [-0.3, -0.25) is 9.59 Å². The molecule has 6 atom stereocenters. The van der Waals surface area contributed by atoms with E-state index in [2.05, 4.69) is 0 Å². The van der Waals surface area contributed by atoms with Gasteiger partial charge in [0, 0.05) is 23.7 Å². The normalized spacial score (nSPS) is 44.8. The Morgan fingerprint density at radius 2 is 1.50 bits per heavy atom. The van der Waals surface area contributed by atoms with Gasteiger partial charge in [-0.15, -0.1) is 0 Å². The molecule has 4 aliphatic rings. The first-order chi connectivity index (χ1) is 11.0. The Kier molecular flexibility index (Phi) is 3.75. The molecule has 2 bridgehead atoms. The van der Waals surface area contributed by atoms with Crippen LogP contribution < -0.4 is 0 Å². The molecular formula is C20H28O4. The Morgan fingerprint density at radius 3 is 2.00 bits per heavy atom. The smallest absolute Gasteiger partial charge is 0.187 e. The fraction of sp³-hybridized carbons (Fsp3) is 0.700. The second-order valence-electron chi connectivity index (χ2n) is 8.54. The van der Waals surface area contributed by atoms with Crippen molar-refractivity contribution in [2.24, 2.45) is 35.5 Å². The van der Waals surface area contributed by atoms with Crippen molar-refractivity contribution in [1.29, 1.82) is 0 Å². The molecule has 4 rings (SSSR count). The van der Waals surface area contributed by atoms with Gasteiger partial charge in [0.1, 0.15) is 11.2 Å². The van der Waals surface area contributed by atoms with Gasteiger partial charge in [-0.2, -0.15) is 0 Å². The van der Waals surface area contributed by atoms with Crippen molar-refractivity contribution in [2.45, 2.75) is 52.7 Å². The lowest BCUT2D eigenvalue weighted by Crippen LogP contribution is -2.71. The molecule has 0 unspecified atom stereocenters. The van der Waals surface area contributed by atoms with Crippen LogP contribution in [0.15, 0.2) is 23.3 Å². The van der Waals surface area contributed by atoms with Crippen LogP contribution in [0.1, 0.15) is 41.5 Å². The van der Waals surface area contributed by atoms with E-state index in [1.807, 2.05) is 47.6 Å². The highest BCUT2D eigenvalue weighted by atomic mass is 16.3. The van der Waals surface area contributed by atoms with E-state index >= 15 is 0 Å². The minimum atomic E-state index is -1.55. The Balaban J connectivity index is 2.29. The molecule has 0 spiro atoms. The van der Waals surface area contributed by atoms with Gasteiger partial charge in [-0.1, -0.05) is 44.9 Å². The summed E-state index contributed by atoms with van der Waals surface area (Å²) in [6, 6.07) is 0. The van der Waals surface area contributed by atoms with Crippen LogP contribution in [-0.2, 0) is 9.59 Å². The van der Waals surface area contributed by atoms with E-state index in [4.69, 9.17) is 0 Å². The molecule has 0 amide bonds. The number of rotatable bonds is 2. The van der Waals surface area contributed by atoms with Crippen LogP contribution in [0.4, 0.5) is 0 Å². The second-order valence-corrected chi connectivity index (χ2v) is 8.54. The number of hydrogen-bond acceptors (Lipinski definition) is 4. The number of hydrogen-bond donors (Lipinski definition) is 2. The van der Waals surface area contributed by atoms with Crippen molar-refractivity contribution in [3.63, 3.8) is 0 Å². The van der Waals surface area contributed by atoms with Crippen molar-refractivity contribution in [2.75, 3.05) is 0 Å². The maximum atomic E-state index is 13.1. The number of allylic oxidation sites excluding steroid dienone is 2. The van der Waals surface area contributed by atoms with Gasteiger partial charge in [0.2, 0.25) is 0 Å². The third-order valence-electron chi connectivity index (χ3n) is 6.80. The molecule has 0 aromatic heterocycles. The highest BCUT2D eigenvalue weighted by Crippen LogP contribution is 2.60. The predicted molar refractivity (Wildman–Crippen MR) is 91.1 cm³/mol. The summed E-state index contributed by atoms with van der Waals surface area (Å²) in [5.74, 6) is -2.69. The summed E-state index contributed by atoms with van der Waals surface area (Å²) >= 11 is 0. The van der Waals surface area contributed by atoms with Crippen molar-refractivity contribution in [3.8, 4) is 0 Å². The molecule has 0 aliphatic heterocycles. The van der Waals surface area contributed by atoms with Crippen LogP contribution in [0.25, 0.3) is 0 Å². The lowest BCUT2D eigenvalue weighted by molar-refractivity contribution is -0.196. The van der Waals surface area contributed by atoms with Crippen LogP contribution >= 0.6 is 0 Å². The monoisotopic (exact) mass is 332 g/mol. The van der Waals surface area contributed by atoms with Crippen LogP contribution in [0.5, 0.6) is 0 Å². The van der Waals surface area contributed by atoms with Gasteiger partial charge >= 0.3 is 0 Å². The Bertz CT molecular complexity index is 671. The maximum absolute atomic E-state index is 13.1. The molecule has 0 saturated heterocycles. The Hall–Kier alpha value is -1.26. The van der Waals surface area contributed by atoms with E-state index in [0.717, 1.165) is 11.1 Å². The van der Waals surface area contributed by atoms with Crippen LogP contribution in [0.2, 0.25) is 0 Å². The molecule has 0 aromatic rings. The lowest BCUT2D eigenvalue weighted by atomic mass is 9.44. The summed E-state index contributed by atoms with van der Waals surface area (Å²) in [7, 11) is 0. The van der Waals surface area contributed by atoms with Crippen molar-refractivity contribution < 1.29 is 19.8 Å². The summed E-state index contributed by atoms with van der Waals surface area (Å²) in [5.41, 5.74) is -1.28. The van der Waals surface area contributed by atoms with Gasteiger partial charge in [-0.25, -0.2) is 0 Å². The molecular weight excluding hydrogens is 304 g/mol. The molecule has 1 fully saturated rings. The zero-order valence-electron chi connectivity index (χ0n) is 15.3. The van der Waals surface area contributed by atoms with Crippen molar-refractivity contribution >= 4 is 11.6 Å². The first-order valence-corrected chi connectivity index (χ1v) is 8.88. The third kappa shape index (κ3) is 1.81. The van der Waals surface area contributed by atoms with Crippen LogP contribution in [-0.4, -0.2) is 33.0 Å². The highest BCUT2D eigenvalue weighted by molar-refractivity contribution is 6.02. The molecule has 0 heterocycles. The third-order valence-corrected chi connectivity index (χ3v) is 6.80. The average Bonchev–Trinajstić information content (AvgIpc) is 2.48. The molecule has 24 heavy (non-hydrogen) atoms. The minimum absolute atomic E-state index is 0.156. The number of fused-ring (bicyclic) bond motifs is 1. The van der Waals surface area contributed by atoms with E-state index in [1.165, 1.54) is 6.08 Å². The first kappa shape index (κ1) is 17.6. The largest absolute Gasteiger partial charge is 0.381 e. The number of aliphatic hydroxyl groups is 2. The van der Waals surface area contributed by atoms with E-state index in [9.17, 15) is 19.8 Å². The number of Topliss-reactive ketones (excluding diaryl/α,β-unsaturated/α-hetero) is 1. The SMILES string of the molecule is CC1=C[C@H]2[C@@H]3[C@@H](C(C)=CC(=O)[C@@]3(O)C(C)C)[C@@H]1C(=O)[C@@]2(O)C(C)C. The first-order valence-electron chi connectivity index (χ1n) is 8.88. The standard InChI is InChI=1S/C20H28O4/c1-9(2)19(23)13-7-11(5)16(18(19)22)15-12(6)8-14(21)20(24,10(3)4)17(13)15/h7-10,13,15-17,23-24H,1-6H3/t13-,15-,16+,17+,19+,20-/m0/s1. The molecule has 0 aromatic carbocycles. The molecule has 4 heteroatoms. The quantitative estimate of drug-likeness (QED) is 0.761. The summed E-state index contributed by atoms with van der Waals surface area (Å²) in [6.45, 7) is 11.1. The van der Waals surface area contributed by atoms with Gasteiger partial charge in [0.05, 0.1) is 0 Å². The minimum Gasteiger partial charge on any atom is -0.381 e. The zero-order chi connectivity index (χ0) is 18.2. The molecule has 4 nitrogen and oxygen atoms in total. The molecule has 132 valence electrons. The van der Waals surface area contributed by atoms with Gasteiger partial charge in [-0.05, 0) is 31.8 Å². The fourth-order valence-electron chi connectivity index (χ4n) is 5.40. The molecule has 4 aliphatic carbocycles. The van der Waals surface area contributed by atoms with E-state index in [0.29, 0.717) is 0 Å². The van der Waals surface area contributed by atoms with Gasteiger partial charge in [0.15, 0.2) is 11.6 Å². The number of carbonyl (C=O) groups is 2. The van der Waals surface area contributed by atoms with E-state index < -0.39 is 29.0 Å². The summed E-state index contributed by atoms with van der Waals surface area (Å²) < 4.78 is 0. The molecule has 2 N–H and O–H groups in total. The predicted octanol–water partition coefficient (Wildman–Crippen LogP) is 2.30. The average molecular weight is 332 g/mol. The van der Waals surface area contributed by atoms with E-state index in [-0.39, 0.29) is 29.3 Å². The van der Waals surface area contributed by atoms with Crippen molar-refractivity contribution in [1.82, 2.24) is 0 Å². The Morgan fingerprint density at radius 1 is 0.958 bits per heavy atom. The number of ketones is 2. The second kappa shape index (κ2) is 5.12. The lowest BCUT2D eigenvalue weighted by Gasteiger charge is -2.61. The number of carbonyl (C=O) groups excluding carboxylic acids is 2. The summed E-state index contributed by atoms with van der Waals surface area (Å²) in [4.78, 5) is 25.9. The molecule has 1 saturated carbocycles. The Labute approximate surface area is 143 Å². The van der Waals surface area contributed by atoms with Gasteiger partial charge < -0.3 is 10.2 Å². The maximum Gasteiger partial charge on any atom is 0.187 e. The summed E-state index contributed by atoms with van der Waals surface area (Å²) in [6.07, 6.45) is 3.45. The topological polar surface area (TPSA) is 74.6 Å². The fourth-order valence-corrected chi connectivity index (χ4v) is 5.40. The zero-order valence-corrected chi connectivity index (χ0v) is 15.3. The van der Waals surface area contributed by atoms with E-state index in [1.54, 1.807) is 0 Å². The van der Waals surface area contributed by atoms with Crippen LogP contribution in [0, 0.1) is 35.5 Å². The van der Waals surface area contributed by atoms with Gasteiger partial charge in [0.25, 0.3) is 0 Å². The molecule has 0 radical (unpaired) electrons. The van der Waals surface area contributed by atoms with Crippen LogP contribution in [0.3, 0.4) is 0 Å².